The van der Waals surface area contributed by atoms with Crippen molar-refractivity contribution >= 4 is 11.6 Å². The van der Waals surface area contributed by atoms with Crippen LogP contribution in [0.5, 0.6) is 0 Å². The molecule has 0 saturated carbocycles. The van der Waals surface area contributed by atoms with Gasteiger partial charge in [0.15, 0.2) is 0 Å². The molecule has 1 atom stereocenters. The van der Waals surface area contributed by atoms with Crippen LogP contribution in [0.2, 0.25) is 5.02 Å². The Morgan fingerprint density at radius 3 is 2.63 bits per heavy atom. The van der Waals surface area contributed by atoms with E-state index in [0.29, 0.717) is 50.9 Å². The third-order valence-corrected chi connectivity index (χ3v) is 6.82. The number of nitrogens with one attached hydrogen (secondary N) is 1. The maximum absolute atomic E-state index is 13.7. The van der Waals surface area contributed by atoms with Crippen molar-refractivity contribution in [3.63, 3.8) is 0 Å². The normalized spacial score (nSPS) is 11.7. The molecule has 200 valence electrons. The predicted molar refractivity (Wildman–Crippen MR) is 149 cm³/mol. The number of aromatic nitrogens is 8. The average Bonchev–Trinajstić information content (AvgIpc) is 3.70. The highest BCUT2D eigenvalue weighted by Gasteiger charge is 2.21. The lowest BCUT2D eigenvalue weighted by molar-refractivity contribution is 0.536. The van der Waals surface area contributed by atoms with Gasteiger partial charge in [0.1, 0.15) is 24.0 Å². The smallest absolute Gasteiger partial charge is 0.251 e. The van der Waals surface area contributed by atoms with Crippen LogP contribution in [0.15, 0.2) is 96.6 Å². The fourth-order valence-electron chi connectivity index (χ4n) is 4.60. The summed E-state index contributed by atoms with van der Waals surface area (Å²) in [6.45, 7) is 0. The molecule has 0 bridgehead atoms. The summed E-state index contributed by atoms with van der Waals surface area (Å²) in [6, 6.07) is 17.9. The topological polar surface area (TPSA) is 131 Å². The minimum atomic E-state index is -0.554. The van der Waals surface area contributed by atoms with Gasteiger partial charge >= 0.3 is 0 Å². The van der Waals surface area contributed by atoms with E-state index < -0.39 is 6.04 Å². The third kappa shape index (κ3) is 5.36. The Morgan fingerprint density at radius 2 is 1.88 bits per heavy atom. The number of halogens is 2. The second kappa shape index (κ2) is 11.0. The molecule has 6 aromatic rings. The van der Waals surface area contributed by atoms with Gasteiger partial charge in [0, 0.05) is 47.2 Å². The third-order valence-electron chi connectivity index (χ3n) is 6.58. The Balaban J connectivity index is 1.42. The van der Waals surface area contributed by atoms with E-state index in [1.807, 2.05) is 6.07 Å². The van der Waals surface area contributed by atoms with Crippen LogP contribution < -0.4 is 5.56 Å². The van der Waals surface area contributed by atoms with E-state index in [0.717, 1.165) is 5.56 Å². The summed E-state index contributed by atoms with van der Waals surface area (Å²) in [5.74, 6) is 0.163. The van der Waals surface area contributed by atoms with Gasteiger partial charge in [0.05, 0.1) is 29.2 Å². The summed E-state index contributed by atoms with van der Waals surface area (Å²) in [4.78, 5) is 25.6. The Morgan fingerprint density at radius 1 is 1.02 bits per heavy atom. The van der Waals surface area contributed by atoms with Crippen molar-refractivity contribution in [3.05, 3.63) is 130 Å². The van der Waals surface area contributed by atoms with Crippen LogP contribution in [0.1, 0.15) is 23.0 Å². The lowest BCUT2D eigenvalue weighted by Gasteiger charge is -2.19. The molecule has 10 nitrogen and oxygen atoms in total. The molecule has 2 aromatic carbocycles. The average molecular weight is 564 g/mol. The zero-order chi connectivity index (χ0) is 28.3. The molecule has 12 heteroatoms. The Bertz CT molecular complexity index is 1940. The first-order chi connectivity index (χ1) is 20.0. The van der Waals surface area contributed by atoms with Crippen LogP contribution in [0.25, 0.3) is 28.1 Å². The lowest BCUT2D eigenvalue weighted by Crippen LogP contribution is -2.27. The molecule has 4 aromatic heterocycles. The Hall–Kier alpha value is -5.47. The number of imidazole rings is 1. The molecule has 0 radical (unpaired) electrons. The highest BCUT2D eigenvalue weighted by atomic mass is 35.5. The first kappa shape index (κ1) is 25.8. The summed E-state index contributed by atoms with van der Waals surface area (Å²) in [5.41, 5.74) is 4.22. The van der Waals surface area contributed by atoms with E-state index in [2.05, 4.69) is 36.5 Å². The summed E-state index contributed by atoms with van der Waals surface area (Å²) in [7, 11) is 0. The molecule has 0 spiro atoms. The van der Waals surface area contributed by atoms with E-state index in [-0.39, 0.29) is 11.4 Å². The van der Waals surface area contributed by atoms with Crippen LogP contribution >= 0.6 is 11.6 Å². The maximum Gasteiger partial charge on any atom is 0.251 e. The van der Waals surface area contributed by atoms with Crippen molar-refractivity contribution in [3.8, 4) is 34.1 Å². The van der Waals surface area contributed by atoms with Crippen molar-refractivity contribution in [2.24, 2.45) is 0 Å². The zero-order valence-corrected chi connectivity index (χ0v) is 21.9. The van der Waals surface area contributed by atoms with E-state index in [4.69, 9.17) is 11.6 Å². The lowest BCUT2D eigenvalue weighted by atomic mass is 10.0. The molecule has 0 fully saturated rings. The molecule has 6 rings (SSSR count). The van der Waals surface area contributed by atoms with Gasteiger partial charge in [-0.05, 0) is 64.0 Å². The first-order valence-electron chi connectivity index (χ1n) is 12.4. The summed E-state index contributed by atoms with van der Waals surface area (Å²) in [5, 5.41) is 21.1. The largest absolute Gasteiger partial charge is 0.340 e. The number of benzene rings is 2. The van der Waals surface area contributed by atoms with Crippen molar-refractivity contribution in [1.29, 1.82) is 5.26 Å². The summed E-state index contributed by atoms with van der Waals surface area (Å²) in [6.07, 6.45) is 8.25. The molecule has 0 amide bonds. The Labute approximate surface area is 237 Å². The van der Waals surface area contributed by atoms with Crippen LogP contribution in [-0.2, 0) is 6.42 Å². The molecule has 0 unspecified atom stereocenters. The fourth-order valence-corrected chi connectivity index (χ4v) is 4.77. The van der Waals surface area contributed by atoms with Gasteiger partial charge in [-0.15, -0.1) is 5.10 Å². The maximum atomic E-state index is 13.7. The first-order valence-corrected chi connectivity index (χ1v) is 12.8. The van der Waals surface area contributed by atoms with Gasteiger partial charge in [-0.1, -0.05) is 23.7 Å². The molecule has 0 aliphatic heterocycles. The molecule has 41 heavy (non-hydrogen) atoms. The molecular formula is C29H19ClFN9O. The van der Waals surface area contributed by atoms with E-state index in [1.54, 1.807) is 59.6 Å². The minimum Gasteiger partial charge on any atom is -0.340 e. The van der Waals surface area contributed by atoms with E-state index >= 15 is 0 Å². The number of nitriles is 1. The summed E-state index contributed by atoms with van der Waals surface area (Å²) < 4.78 is 16.7. The SMILES string of the molecule is N#Cc1cncc(-c2cnc([C@H](Cc3ccc(F)cc3)n3ccc(-c4cc(Cl)ccc4-n4cnnn4)cc3=O)[nH]2)c1. The van der Waals surface area contributed by atoms with Crippen molar-refractivity contribution in [1.82, 2.24) is 39.7 Å². The van der Waals surface area contributed by atoms with Crippen LogP contribution in [-0.4, -0.2) is 39.7 Å². The molecule has 4 heterocycles. The standard InChI is InChI=1S/C29H19ClFN9O/c30-22-3-6-26(40-17-35-37-38-40)24(12-22)20-7-8-39(28(41)11-20)27(10-18-1-4-23(31)5-2-18)29-34-16-25(36-29)21-9-19(13-32)14-33-15-21/h1-9,11-12,14-17,27H,10H2,(H,34,36)/t27-/m0/s1. The van der Waals surface area contributed by atoms with Crippen molar-refractivity contribution in [2.75, 3.05) is 0 Å². The van der Waals surface area contributed by atoms with Crippen LogP contribution in [0, 0.1) is 17.1 Å². The van der Waals surface area contributed by atoms with Crippen LogP contribution in [0.4, 0.5) is 4.39 Å². The van der Waals surface area contributed by atoms with Gasteiger partial charge in [-0.25, -0.2) is 9.37 Å². The number of rotatable bonds is 7. The molecule has 0 saturated heterocycles. The monoisotopic (exact) mass is 563 g/mol. The fraction of sp³-hybridized carbons (Fsp3) is 0.0690. The number of aromatic amines is 1. The summed E-state index contributed by atoms with van der Waals surface area (Å²) >= 11 is 6.30. The van der Waals surface area contributed by atoms with Gasteiger partial charge in [-0.2, -0.15) is 9.94 Å². The number of pyridine rings is 2. The molecule has 1 N–H and O–H groups in total. The number of nitrogens with zero attached hydrogens (tertiary/aromatic N) is 8. The van der Waals surface area contributed by atoms with Gasteiger partial charge in [-0.3, -0.25) is 9.78 Å². The number of tetrazole rings is 1. The zero-order valence-electron chi connectivity index (χ0n) is 21.2. The quantitative estimate of drug-likeness (QED) is 0.296. The van der Waals surface area contributed by atoms with Crippen molar-refractivity contribution in [2.45, 2.75) is 12.5 Å². The number of hydrogen-bond acceptors (Lipinski definition) is 7. The van der Waals surface area contributed by atoms with Crippen LogP contribution in [0.3, 0.4) is 0 Å². The predicted octanol–water partition coefficient (Wildman–Crippen LogP) is 4.77. The second-order valence-corrected chi connectivity index (χ2v) is 9.62. The highest BCUT2D eigenvalue weighted by Crippen LogP contribution is 2.30. The van der Waals surface area contributed by atoms with Crippen molar-refractivity contribution < 1.29 is 4.39 Å². The molecule has 0 aliphatic rings. The van der Waals surface area contributed by atoms with Gasteiger partial charge < -0.3 is 9.55 Å². The molecular weight excluding hydrogens is 545 g/mol. The van der Waals surface area contributed by atoms with Gasteiger partial charge in [0.2, 0.25) is 0 Å². The number of hydrogen-bond donors (Lipinski definition) is 1. The Kier molecular flexibility index (Phi) is 6.89. The number of H-pyrrole nitrogens is 1. The minimum absolute atomic E-state index is 0.289. The second-order valence-electron chi connectivity index (χ2n) is 9.18. The van der Waals surface area contributed by atoms with E-state index in [1.165, 1.54) is 35.4 Å². The van der Waals surface area contributed by atoms with Gasteiger partial charge in [0.25, 0.3) is 5.56 Å². The highest BCUT2D eigenvalue weighted by molar-refractivity contribution is 6.31. The molecule has 0 aliphatic carbocycles. The van der Waals surface area contributed by atoms with E-state index in [9.17, 15) is 14.4 Å².